The van der Waals surface area contributed by atoms with Crippen LogP contribution in [0.4, 0.5) is 0 Å². The number of benzene rings is 2. The number of para-hydroxylation sites is 2. The number of carbonyl (C=O) groups excluding carboxylic acids is 2. The van der Waals surface area contributed by atoms with E-state index in [0.29, 0.717) is 11.4 Å². The second-order valence-corrected chi connectivity index (χ2v) is 8.54. The van der Waals surface area contributed by atoms with Gasteiger partial charge in [0.2, 0.25) is 5.91 Å². The SMILES string of the molecule is Cc1ccccc1C(=O)NC(C)c1nc2ccccc2n1CC(=O)N(C(C)C)C(C)C. The molecule has 0 aliphatic heterocycles. The van der Waals surface area contributed by atoms with Crippen LogP contribution < -0.4 is 5.32 Å². The Kier molecular flexibility index (Phi) is 6.78. The predicted molar refractivity (Wildman–Crippen MR) is 124 cm³/mol. The van der Waals surface area contributed by atoms with Crippen molar-refractivity contribution in [2.45, 2.75) is 66.2 Å². The average molecular weight is 421 g/mol. The number of imidazole rings is 1. The van der Waals surface area contributed by atoms with Crippen LogP contribution in [0, 0.1) is 6.92 Å². The van der Waals surface area contributed by atoms with Crippen molar-refractivity contribution in [3.05, 3.63) is 65.5 Å². The van der Waals surface area contributed by atoms with E-state index in [0.717, 1.165) is 16.6 Å². The van der Waals surface area contributed by atoms with Crippen LogP contribution >= 0.6 is 0 Å². The van der Waals surface area contributed by atoms with Crippen molar-refractivity contribution in [1.29, 1.82) is 0 Å². The maximum absolute atomic E-state index is 13.2. The van der Waals surface area contributed by atoms with E-state index in [1.54, 1.807) is 0 Å². The Hall–Kier alpha value is -3.15. The van der Waals surface area contributed by atoms with Gasteiger partial charge in [0.1, 0.15) is 12.4 Å². The van der Waals surface area contributed by atoms with Crippen LogP contribution in [0.2, 0.25) is 0 Å². The van der Waals surface area contributed by atoms with E-state index in [1.165, 1.54) is 0 Å². The van der Waals surface area contributed by atoms with Crippen molar-refractivity contribution in [3.63, 3.8) is 0 Å². The molecule has 6 nitrogen and oxygen atoms in total. The topological polar surface area (TPSA) is 67.2 Å². The van der Waals surface area contributed by atoms with Gasteiger partial charge in [-0.05, 0) is 65.3 Å². The Bertz CT molecular complexity index is 1080. The largest absolute Gasteiger partial charge is 0.342 e. The molecule has 6 heteroatoms. The van der Waals surface area contributed by atoms with Gasteiger partial charge in [-0.2, -0.15) is 0 Å². The quantitative estimate of drug-likeness (QED) is 0.613. The molecule has 2 amide bonds. The molecule has 3 rings (SSSR count). The second kappa shape index (κ2) is 9.33. The molecule has 0 saturated heterocycles. The average Bonchev–Trinajstić information content (AvgIpc) is 3.06. The van der Waals surface area contributed by atoms with E-state index in [2.05, 4.69) is 5.32 Å². The maximum Gasteiger partial charge on any atom is 0.252 e. The fourth-order valence-electron chi connectivity index (χ4n) is 4.15. The van der Waals surface area contributed by atoms with Crippen LogP contribution in [-0.2, 0) is 11.3 Å². The van der Waals surface area contributed by atoms with E-state index in [-0.39, 0.29) is 36.5 Å². The lowest BCUT2D eigenvalue weighted by molar-refractivity contribution is -0.135. The number of hydrogen-bond acceptors (Lipinski definition) is 3. The predicted octanol–water partition coefficient (Wildman–Crippen LogP) is 4.48. The minimum atomic E-state index is -0.362. The van der Waals surface area contributed by atoms with E-state index in [4.69, 9.17) is 4.98 Å². The van der Waals surface area contributed by atoms with Crippen molar-refractivity contribution in [1.82, 2.24) is 19.8 Å². The van der Waals surface area contributed by atoms with Crippen molar-refractivity contribution >= 4 is 22.8 Å². The fourth-order valence-corrected chi connectivity index (χ4v) is 4.15. The summed E-state index contributed by atoms with van der Waals surface area (Å²) in [4.78, 5) is 32.7. The molecular weight excluding hydrogens is 388 g/mol. The van der Waals surface area contributed by atoms with Crippen LogP contribution in [0.5, 0.6) is 0 Å². The minimum Gasteiger partial charge on any atom is -0.342 e. The third-order valence-electron chi connectivity index (χ3n) is 5.50. The molecule has 1 unspecified atom stereocenters. The molecule has 0 saturated carbocycles. The number of carbonyl (C=O) groups is 2. The number of aromatic nitrogens is 2. The standard InChI is InChI=1S/C25H32N4O2/c1-16(2)29(17(3)4)23(30)15-28-22-14-10-9-13-21(22)27-24(28)19(6)26-25(31)20-12-8-7-11-18(20)5/h7-14,16-17,19H,15H2,1-6H3,(H,26,31). The lowest BCUT2D eigenvalue weighted by Crippen LogP contribution is -2.44. The molecule has 0 aliphatic rings. The molecule has 3 aromatic rings. The van der Waals surface area contributed by atoms with Gasteiger partial charge < -0.3 is 14.8 Å². The molecule has 1 N–H and O–H groups in total. The normalized spacial score (nSPS) is 12.4. The maximum atomic E-state index is 13.2. The minimum absolute atomic E-state index is 0.0341. The van der Waals surface area contributed by atoms with Gasteiger partial charge in [0.05, 0.1) is 17.1 Å². The summed E-state index contributed by atoms with van der Waals surface area (Å²) in [6.07, 6.45) is 0. The molecule has 0 bridgehead atoms. The summed E-state index contributed by atoms with van der Waals surface area (Å²) in [5.74, 6) is 0.553. The Labute approximate surface area is 184 Å². The molecule has 0 aliphatic carbocycles. The van der Waals surface area contributed by atoms with Crippen molar-refractivity contribution in [2.24, 2.45) is 0 Å². The summed E-state index contributed by atoms with van der Waals surface area (Å²) in [6, 6.07) is 15.1. The molecule has 0 radical (unpaired) electrons. The van der Waals surface area contributed by atoms with Gasteiger partial charge in [-0.25, -0.2) is 4.98 Å². The van der Waals surface area contributed by atoms with Gasteiger partial charge in [0, 0.05) is 17.6 Å². The number of hydrogen-bond donors (Lipinski definition) is 1. The summed E-state index contributed by atoms with van der Waals surface area (Å²) in [5, 5.41) is 3.06. The lowest BCUT2D eigenvalue weighted by atomic mass is 10.1. The highest BCUT2D eigenvalue weighted by Gasteiger charge is 2.25. The van der Waals surface area contributed by atoms with Crippen molar-refractivity contribution < 1.29 is 9.59 Å². The molecule has 0 fully saturated rings. The van der Waals surface area contributed by atoms with Crippen LogP contribution in [0.25, 0.3) is 11.0 Å². The first kappa shape index (κ1) is 22.5. The first-order valence-corrected chi connectivity index (χ1v) is 10.8. The smallest absolute Gasteiger partial charge is 0.252 e. The highest BCUT2D eigenvalue weighted by atomic mass is 16.2. The Morgan fingerprint density at radius 2 is 1.58 bits per heavy atom. The molecule has 1 heterocycles. The third-order valence-corrected chi connectivity index (χ3v) is 5.50. The van der Waals surface area contributed by atoms with Gasteiger partial charge in [-0.15, -0.1) is 0 Å². The van der Waals surface area contributed by atoms with Gasteiger partial charge in [-0.1, -0.05) is 30.3 Å². The van der Waals surface area contributed by atoms with E-state index >= 15 is 0 Å². The molecule has 164 valence electrons. The number of aryl methyl sites for hydroxylation is 1. The van der Waals surface area contributed by atoms with E-state index in [9.17, 15) is 9.59 Å². The molecule has 1 aromatic heterocycles. The van der Waals surface area contributed by atoms with Crippen molar-refractivity contribution in [2.75, 3.05) is 0 Å². The highest BCUT2D eigenvalue weighted by Crippen LogP contribution is 2.22. The second-order valence-electron chi connectivity index (χ2n) is 8.54. The number of fused-ring (bicyclic) bond motifs is 1. The van der Waals surface area contributed by atoms with Crippen LogP contribution in [0.1, 0.15) is 62.4 Å². The molecule has 31 heavy (non-hydrogen) atoms. The third kappa shape index (κ3) is 4.79. The summed E-state index contributed by atoms with van der Waals surface area (Å²) in [7, 11) is 0. The number of amides is 2. The Morgan fingerprint density at radius 1 is 0.968 bits per heavy atom. The first-order chi connectivity index (χ1) is 14.7. The van der Waals surface area contributed by atoms with Gasteiger partial charge in [-0.3, -0.25) is 9.59 Å². The summed E-state index contributed by atoms with van der Waals surface area (Å²) < 4.78 is 1.93. The van der Waals surface area contributed by atoms with E-state index in [1.807, 2.05) is 99.5 Å². The zero-order chi connectivity index (χ0) is 22.7. The van der Waals surface area contributed by atoms with Crippen LogP contribution in [0.3, 0.4) is 0 Å². The number of rotatable bonds is 7. The molecular formula is C25H32N4O2. The van der Waals surface area contributed by atoms with Gasteiger partial charge >= 0.3 is 0 Å². The zero-order valence-electron chi connectivity index (χ0n) is 19.2. The van der Waals surface area contributed by atoms with Gasteiger partial charge in [0.15, 0.2) is 0 Å². The molecule has 2 aromatic carbocycles. The summed E-state index contributed by atoms with van der Waals surface area (Å²) >= 11 is 0. The van der Waals surface area contributed by atoms with Gasteiger partial charge in [0.25, 0.3) is 5.91 Å². The first-order valence-electron chi connectivity index (χ1n) is 10.8. The Balaban J connectivity index is 1.94. The monoisotopic (exact) mass is 420 g/mol. The lowest BCUT2D eigenvalue weighted by Gasteiger charge is -2.31. The van der Waals surface area contributed by atoms with Crippen LogP contribution in [0.15, 0.2) is 48.5 Å². The Morgan fingerprint density at radius 3 is 2.23 bits per heavy atom. The molecule has 0 spiro atoms. The van der Waals surface area contributed by atoms with Crippen molar-refractivity contribution in [3.8, 4) is 0 Å². The van der Waals surface area contributed by atoms with E-state index < -0.39 is 0 Å². The number of nitrogens with one attached hydrogen (secondary N) is 1. The zero-order valence-corrected chi connectivity index (χ0v) is 19.2. The fraction of sp³-hybridized carbons (Fsp3) is 0.400. The highest BCUT2D eigenvalue weighted by molar-refractivity contribution is 5.95. The number of nitrogens with zero attached hydrogens (tertiary/aromatic N) is 3. The summed E-state index contributed by atoms with van der Waals surface area (Å²) in [6.45, 7) is 12.1. The van der Waals surface area contributed by atoms with Crippen LogP contribution in [-0.4, -0.2) is 38.3 Å². The summed E-state index contributed by atoms with van der Waals surface area (Å²) in [5.41, 5.74) is 3.25. The molecule has 1 atom stereocenters.